The van der Waals surface area contributed by atoms with Crippen LogP contribution in [0, 0.1) is 0 Å². The van der Waals surface area contributed by atoms with Crippen molar-refractivity contribution in [1.29, 1.82) is 0 Å². The van der Waals surface area contributed by atoms with Gasteiger partial charge in [-0.1, -0.05) is 27.7 Å². The lowest BCUT2D eigenvalue weighted by molar-refractivity contribution is -0.116. The zero-order valence-corrected chi connectivity index (χ0v) is 10.4. The zero-order chi connectivity index (χ0) is 11.8. The van der Waals surface area contributed by atoms with Crippen LogP contribution in [-0.2, 0) is 11.2 Å². The molecule has 84 valence electrons. The monoisotopic (exact) mass is 207 g/mol. The number of ketones is 1. The fourth-order valence-electron chi connectivity index (χ4n) is 1.42. The molecular weight excluding hydrogens is 186 g/mol. The fraction of sp³-hybridized carbons (Fsp3) is 0.538. The van der Waals surface area contributed by atoms with Crippen molar-refractivity contribution in [3.05, 3.63) is 29.6 Å². The molecule has 0 aromatic carbocycles. The summed E-state index contributed by atoms with van der Waals surface area (Å²) in [6.07, 6.45) is 4.07. The van der Waals surface area contributed by atoms with Crippen molar-refractivity contribution in [2.75, 3.05) is 0 Å². The van der Waals surface area contributed by atoms with Gasteiger partial charge in [-0.3, -0.25) is 9.78 Å². The minimum absolute atomic E-state index is 0.190. The van der Waals surface area contributed by atoms with E-state index in [-0.39, 0.29) is 5.78 Å². The van der Waals surface area contributed by atoms with Crippen LogP contribution in [0.5, 0.6) is 0 Å². The van der Waals surface area contributed by atoms with Crippen LogP contribution >= 0.6 is 0 Å². The van der Waals surface area contributed by atoms with E-state index in [2.05, 4.69) is 18.8 Å². The SMILES string of the molecule is CC.CC(=O)Cc1cnccc1C(C)C. The Hall–Kier alpha value is -1.18. The number of carbonyl (C=O) groups is 1. The first-order valence-corrected chi connectivity index (χ1v) is 5.53. The average molecular weight is 207 g/mol. The highest BCUT2D eigenvalue weighted by atomic mass is 16.1. The van der Waals surface area contributed by atoms with Gasteiger partial charge in [0.05, 0.1) is 0 Å². The number of rotatable bonds is 3. The van der Waals surface area contributed by atoms with Gasteiger partial charge in [0.25, 0.3) is 0 Å². The second-order valence-corrected chi connectivity index (χ2v) is 3.61. The standard InChI is InChI=1S/C11H15NO.C2H6/c1-8(2)11-4-5-12-7-10(11)6-9(3)13;1-2/h4-5,7-8H,6H2,1-3H3;1-2H3. The Labute approximate surface area is 92.7 Å². The molecule has 15 heavy (non-hydrogen) atoms. The lowest BCUT2D eigenvalue weighted by atomic mass is 9.96. The molecule has 2 nitrogen and oxygen atoms in total. The van der Waals surface area contributed by atoms with Crippen LogP contribution in [0.25, 0.3) is 0 Å². The predicted octanol–water partition coefficient (Wildman–Crippen LogP) is 3.36. The maximum Gasteiger partial charge on any atom is 0.134 e. The lowest BCUT2D eigenvalue weighted by Crippen LogP contribution is -2.02. The summed E-state index contributed by atoms with van der Waals surface area (Å²) in [6.45, 7) is 9.86. The number of pyridine rings is 1. The summed E-state index contributed by atoms with van der Waals surface area (Å²) in [5.74, 6) is 0.646. The molecule has 0 atom stereocenters. The van der Waals surface area contributed by atoms with Gasteiger partial charge < -0.3 is 0 Å². The summed E-state index contributed by atoms with van der Waals surface area (Å²) in [6, 6.07) is 1.99. The predicted molar refractivity (Wildman–Crippen MR) is 64.1 cm³/mol. The maximum absolute atomic E-state index is 11.0. The van der Waals surface area contributed by atoms with E-state index >= 15 is 0 Å². The Morgan fingerprint density at radius 1 is 1.40 bits per heavy atom. The zero-order valence-electron chi connectivity index (χ0n) is 10.4. The molecule has 1 heterocycles. The molecule has 0 amide bonds. The van der Waals surface area contributed by atoms with E-state index in [9.17, 15) is 4.79 Å². The van der Waals surface area contributed by atoms with Crippen molar-refractivity contribution in [1.82, 2.24) is 4.98 Å². The second kappa shape index (κ2) is 7.16. The van der Waals surface area contributed by atoms with Gasteiger partial charge in [0.2, 0.25) is 0 Å². The Morgan fingerprint density at radius 3 is 2.47 bits per heavy atom. The first-order valence-electron chi connectivity index (χ1n) is 5.53. The molecule has 0 unspecified atom stereocenters. The van der Waals surface area contributed by atoms with Gasteiger partial charge in [0, 0.05) is 18.8 Å². The van der Waals surface area contributed by atoms with Crippen LogP contribution in [-0.4, -0.2) is 10.8 Å². The number of hydrogen-bond donors (Lipinski definition) is 0. The summed E-state index contributed by atoms with van der Waals surface area (Å²) < 4.78 is 0. The van der Waals surface area contributed by atoms with Crippen molar-refractivity contribution in [2.24, 2.45) is 0 Å². The number of aromatic nitrogens is 1. The number of Topliss-reactive ketones (excluding diaryl/α,β-unsaturated/α-hetero) is 1. The molecule has 1 aromatic rings. The van der Waals surface area contributed by atoms with Crippen LogP contribution in [0.2, 0.25) is 0 Å². The van der Waals surface area contributed by atoms with Crippen LogP contribution < -0.4 is 0 Å². The van der Waals surface area contributed by atoms with E-state index in [4.69, 9.17) is 0 Å². The molecule has 1 aromatic heterocycles. The highest BCUT2D eigenvalue weighted by Gasteiger charge is 2.07. The molecule has 0 saturated carbocycles. The molecule has 0 saturated heterocycles. The lowest BCUT2D eigenvalue weighted by Gasteiger charge is -2.10. The highest BCUT2D eigenvalue weighted by molar-refractivity contribution is 5.78. The Bertz CT molecular complexity index is 305. The van der Waals surface area contributed by atoms with Gasteiger partial charge in [-0.2, -0.15) is 0 Å². The molecular formula is C13H21NO. The minimum Gasteiger partial charge on any atom is -0.300 e. The fourth-order valence-corrected chi connectivity index (χ4v) is 1.42. The smallest absolute Gasteiger partial charge is 0.134 e. The van der Waals surface area contributed by atoms with E-state index in [1.54, 1.807) is 19.3 Å². The summed E-state index contributed by atoms with van der Waals surface area (Å²) in [7, 11) is 0. The van der Waals surface area contributed by atoms with Crippen LogP contribution in [0.1, 0.15) is 51.7 Å². The van der Waals surface area contributed by atoms with Gasteiger partial charge in [0.1, 0.15) is 5.78 Å². The summed E-state index contributed by atoms with van der Waals surface area (Å²) in [4.78, 5) is 15.0. The minimum atomic E-state index is 0.190. The maximum atomic E-state index is 11.0. The molecule has 0 spiro atoms. The van der Waals surface area contributed by atoms with Crippen molar-refractivity contribution in [3.8, 4) is 0 Å². The molecule has 0 N–H and O–H groups in total. The normalized spacial score (nSPS) is 9.47. The van der Waals surface area contributed by atoms with E-state index < -0.39 is 0 Å². The molecule has 0 radical (unpaired) electrons. The van der Waals surface area contributed by atoms with Crippen molar-refractivity contribution in [2.45, 2.75) is 47.0 Å². The van der Waals surface area contributed by atoms with E-state index in [0.29, 0.717) is 12.3 Å². The highest BCUT2D eigenvalue weighted by Crippen LogP contribution is 2.18. The van der Waals surface area contributed by atoms with E-state index in [1.165, 1.54) is 5.56 Å². The quantitative estimate of drug-likeness (QED) is 0.760. The number of nitrogens with zero attached hydrogens (tertiary/aromatic N) is 1. The summed E-state index contributed by atoms with van der Waals surface area (Å²) >= 11 is 0. The number of carbonyl (C=O) groups excluding carboxylic acids is 1. The molecule has 0 aliphatic rings. The first kappa shape index (κ1) is 13.8. The van der Waals surface area contributed by atoms with Crippen molar-refractivity contribution in [3.63, 3.8) is 0 Å². The molecule has 0 fully saturated rings. The summed E-state index contributed by atoms with van der Waals surface area (Å²) in [5, 5.41) is 0. The Morgan fingerprint density at radius 2 is 2.00 bits per heavy atom. The molecule has 0 aliphatic carbocycles. The van der Waals surface area contributed by atoms with Crippen LogP contribution in [0.3, 0.4) is 0 Å². The van der Waals surface area contributed by atoms with Gasteiger partial charge in [-0.25, -0.2) is 0 Å². The van der Waals surface area contributed by atoms with Crippen molar-refractivity contribution >= 4 is 5.78 Å². The topological polar surface area (TPSA) is 30.0 Å². The third-order valence-corrected chi connectivity index (χ3v) is 2.00. The van der Waals surface area contributed by atoms with Gasteiger partial charge in [-0.05, 0) is 30.0 Å². The van der Waals surface area contributed by atoms with Gasteiger partial charge >= 0.3 is 0 Å². The summed E-state index contributed by atoms with van der Waals surface area (Å²) in [5.41, 5.74) is 2.29. The second-order valence-electron chi connectivity index (χ2n) is 3.61. The Balaban J connectivity index is 0.000000921. The molecule has 2 heteroatoms. The third kappa shape index (κ3) is 4.73. The average Bonchev–Trinajstić information content (AvgIpc) is 2.20. The van der Waals surface area contributed by atoms with Crippen molar-refractivity contribution < 1.29 is 4.79 Å². The molecule has 0 bridgehead atoms. The van der Waals surface area contributed by atoms with Crippen LogP contribution in [0.15, 0.2) is 18.5 Å². The van der Waals surface area contributed by atoms with Crippen LogP contribution in [0.4, 0.5) is 0 Å². The first-order chi connectivity index (χ1) is 7.11. The van der Waals surface area contributed by atoms with Gasteiger partial charge in [0.15, 0.2) is 0 Å². The molecule has 0 aliphatic heterocycles. The van der Waals surface area contributed by atoms with E-state index in [1.807, 2.05) is 19.9 Å². The largest absolute Gasteiger partial charge is 0.300 e. The molecule has 1 rings (SSSR count). The Kier molecular flexibility index (Phi) is 6.59. The number of hydrogen-bond acceptors (Lipinski definition) is 2. The van der Waals surface area contributed by atoms with Gasteiger partial charge in [-0.15, -0.1) is 0 Å². The van der Waals surface area contributed by atoms with E-state index in [0.717, 1.165) is 5.56 Å². The third-order valence-electron chi connectivity index (χ3n) is 2.00.